The maximum Gasteiger partial charge on any atom is 0.260 e. The number of aryl methyl sites for hydroxylation is 1. The molecule has 2 aromatic heterocycles. The lowest BCUT2D eigenvalue weighted by Crippen LogP contribution is -2.30. The molecule has 30 heavy (non-hydrogen) atoms. The van der Waals surface area contributed by atoms with E-state index >= 15 is 0 Å². The van der Waals surface area contributed by atoms with Gasteiger partial charge in [0, 0.05) is 10.6 Å². The minimum Gasteiger partial charge on any atom is -0.486 e. The number of hydrogen-bond acceptors (Lipinski definition) is 6. The average molecular weight is 441 g/mol. The summed E-state index contributed by atoms with van der Waals surface area (Å²) in [5, 5.41) is 1.22. The summed E-state index contributed by atoms with van der Waals surface area (Å²) < 4.78 is 17.7. The molecular formula is C22H17ClN2O4S. The SMILES string of the molecule is Cc1c(Cl)ccc2sc(N(Cc3ccco3)C(=O)c3ccc4c(c3)OCCO4)nc12. The number of nitrogens with zero attached hydrogens (tertiary/aromatic N) is 2. The monoisotopic (exact) mass is 440 g/mol. The van der Waals surface area contributed by atoms with Crippen LogP contribution in [0.5, 0.6) is 11.5 Å². The van der Waals surface area contributed by atoms with E-state index in [1.165, 1.54) is 11.3 Å². The number of thiazole rings is 1. The van der Waals surface area contributed by atoms with E-state index in [0.717, 1.165) is 15.8 Å². The predicted molar refractivity (Wildman–Crippen MR) is 116 cm³/mol. The molecule has 1 aliphatic heterocycles. The van der Waals surface area contributed by atoms with Crippen LogP contribution in [0.15, 0.2) is 53.1 Å². The summed E-state index contributed by atoms with van der Waals surface area (Å²) in [6.07, 6.45) is 1.59. The summed E-state index contributed by atoms with van der Waals surface area (Å²) in [6, 6.07) is 12.6. The zero-order valence-electron chi connectivity index (χ0n) is 16.1. The number of benzene rings is 2. The third-order valence-electron chi connectivity index (χ3n) is 4.90. The van der Waals surface area contributed by atoms with Gasteiger partial charge in [-0.3, -0.25) is 9.69 Å². The van der Waals surface area contributed by atoms with E-state index in [1.54, 1.807) is 35.4 Å². The van der Waals surface area contributed by atoms with Crippen molar-refractivity contribution in [3.63, 3.8) is 0 Å². The van der Waals surface area contributed by atoms with Gasteiger partial charge >= 0.3 is 0 Å². The molecule has 0 saturated heterocycles. The molecule has 0 aliphatic carbocycles. The maximum atomic E-state index is 13.5. The third-order valence-corrected chi connectivity index (χ3v) is 6.35. The number of rotatable bonds is 4. The summed E-state index contributed by atoms with van der Waals surface area (Å²) in [7, 11) is 0. The van der Waals surface area contributed by atoms with E-state index in [4.69, 9.17) is 30.5 Å². The standard InChI is InChI=1S/C22H17ClN2O4S/c1-13-16(23)5-7-19-20(13)24-22(30-19)25(12-15-3-2-8-27-15)21(26)14-4-6-17-18(11-14)29-10-9-28-17/h2-8,11H,9-10,12H2,1H3. The van der Waals surface area contributed by atoms with Gasteiger partial charge in [0.1, 0.15) is 19.0 Å². The lowest BCUT2D eigenvalue weighted by Gasteiger charge is -2.21. The maximum absolute atomic E-state index is 13.5. The Labute approximate surface area is 181 Å². The molecule has 0 atom stereocenters. The average Bonchev–Trinajstić information content (AvgIpc) is 3.44. The molecule has 0 radical (unpaired) electrons. The Bertz CT molecular complexity index is 1240. The molecule has 2 aromatic carbocycles. The second kappa shape index (κ2) is 7.66. The van der Waals surface area contributed by atoms with Crippen molar-refractivity contribution in [2.24, 2.45) is 0 Å². The third kappa shape index (κ3) is 3.40. The fourth-order valence-corrected chi connectivity index (χ4v) is 4.50. The van der Waals surface area contributed by atoms with Crippen LogP contribution in [0.2, 0.25) is 5.02 Å². The Hall–Kier alpha value is -3.03. The number of fused-ring (bicyclic) bond motifs is 2. The number of carbonyl (C=O) groups excluding carboxylic acids is 1. The molecule has 3 heterocycles. The number of carbonyl (C=O) groups is 1. The van der Waals surface area contributed by atoms with Crippen molar-refractivity contribution in [3.05, 3.63) is 70.6 Å². The molecule has 6 nitrogen and oxygen atoms in total. The van der Waals surface area contributed by atoms with Crippen LogP contribution < -0.4 is 14.4 Å². The highest BCUT2D eigenvalue weighted by atomic mass is 35.5. The van der Waals surface area contributed by atoms with Gasteiger partial charge in [-0.15, -0.1) is 0 Å². The van der Waals surface area contributed by atoms with Crippen molar-refractivity contribution in [3.8, 4) is 11.5 Å². The minimum atomic E-state index is -0.203. The van der Waals surface area contributed by atoms with Gasteiger partial charge in [0.15, 0.2) is 16.6 Å². The van der Waals surface area contributed by atoms with Crippen LogP contribution in [-0.4, -0.2) is 24.1 Å². The van der Waals surface area contributed by atoms with Gasteiger partial charge in [-0.05, 0) is 55.0 Å². The molecule has 4 aromatic rings. The fraction of sp³-hybridized carbons (Fsp3) is 0.182. The number of ether oxygens (including phenoxy) is 2. The van der Waals surface area contributed by atoms with Gasteiger partial charge in [0.25, 0.3) is 5.91 Å². The molecule has 0 saturated carbocycles. The molecule has 0 unspecified atom stereocenters. The van der Waals surface area contributed by atoms with E-state index in [-0.39, 0.29) is 12.5 Å². The first-order valence-corrected chi connectivity index (χ1v) is 10.6. The van der Waals surface area contributed by atoms with Crippen LogP contribution in [0, 0.1) is 6.92 Å². The number of aromatic nitrogens is 1. The van der Waals surface area contributed by atoms with E-state index in [0.29, 0.717) is 46.2 Å². The zero-order valence-corrected chi connectivity index (χ0v) is 17.6. The summed E-state index contributed by atoms with van der Waals surface area (Å²) in [6.45, 7) is 3.14. The molecule has 0 bridgehead atoms. The Morgan fingerprint density at radius 1 is 1.17 bits per heavy atom. The van der Waals surface area contributed by atoms with Crippen LogP contribution in [-0.2, 0) is 6.54 Å². The van der Waals surface area contributed by atoms with Gasteiger partial charge in [0.05, 0.1) is 23.0 Å². The van der Waals surface area contributed by atoms with Crippen LogP contribution in [0.1, 0.15) is 21.7 Å². The molecule has 5 rings (SSSR count). The zero-order chi connectivity index (χ0) is 20.7. The van der Waals surface area contributed by atoms with E-state index in [1.807, 2.05) is 25.1 Å². The Morgan fingerprint density at radius 2 is 2.00 bits per heavy atom. The number of anilines is 1. The first kappa shape index (κ1) is 19.0. The molecule has 0 spiro atoms. The lowest BCUT2D eigenvalue weighted by atomic mass is 10.1. The van der Waals surface area contributed by atoms with Gasteiger partial charge in [-0.25, -0.2) is 4.98 Å². The van der Waals surface area contributed by atoms with Crippen molar-refractivity contribution in [2.75, 3.05) is 18.1 Å². The van der Waals surface area contributed by atoms with Crippen LogP contribution in [0.3, 0.4) is 0 Å². The second-order valence-corrected chi connectivity index (χ2v) is 8.26. The Balaban J connectivity index is 1.57. The smallest absolute Gasteiger partial charge is 0.260 e. The molecular weight excluding hydrogens is 424 g/mol. The van der Waals surface area contributed by atoms with Gasteiger partial charge in [-0.2, -0.15) is 0 Å². The van der Waals surface area contributed by atoms with Crippen molar-refractivity contribution in [1.29, 1.82) is 0 Å². The molecule has 0 N–H and O–H groups in total. The van der Waals surface area contributed by atoms with Crippen molar-refractivity contribution < 1.29 is 18.7 Å². The van der Waals surface area contributed by atoms with E-state index in [9.17, 15) is 4.79 Å². The Morgan fingerprint density at radius 3 is 2.80 bits per heavy atom. The van der Waals surface area contributed by atoms with Gasteiger partial charge in [-0.1, -0.05) is 22.9 Å². The minimum absolute atomic E-state index is 0.203. The molecule has 8 heteroatoms. The largest absolute Gasteiger partial charge is 0.486 e. The molecule has 1 amide bonds. The van der Waals surface area contributed by atoms with Crippen molar-refractivity contribution in [2.45, 2.75) is 13.5 Å². The highest BCUT2D eigenvalue weighted by molar-refractivity contribution is 7.22. The summed E-state index contributed by atoms with van der Waals surface area (Å²) in [4.78, 5) is 19.9. The second-order valence-electron chi connectivity index (χ2n) is 6.84. The number of hydrogen-bond donors (Lipinski definition) is 0. The van der Waals surface area contributed by atoms with Crippen molar-refractivity contribution >= 4 is 44.2 Å². The topological polar surface area (TPSA) is 64.8 Å². The normalized spacial score (nSPS) is 12.9. The van der Waals surface area contributed by atoms with Gasteiger partial charge in [0.2, 0.25) is 0 Å². The van der Waals surface area contributed by atoms with Crippen LogP contribution >= 0.6 is 22.9 Å². The molecule has 152 valence electrons. The quantitative estimate of drug-likeness (QED) is 0.421. The fourth-order valence-electron chi connectivity index (χ4n) is 3.32. The first-order chi connectivity index (χ1) is 14.6. The summed E-state index contributed by atoms with van der Waals surface area (Å²) in [5.74, 6) is 1.67. The van der Waals surface area contributed by atoms with Crippen LogP contribution in [0.4, 0.5) is 5.13 Å². The van der Waals surface area contributed by atoms with E-state index in [2.05, 4.69) is 0 Å². The number of halogens is 1. The predicted octanol–water partition coefficient (Wildman–Crippen LogP) is 5.47. The first-order valence-electron chi connectivity index (χ1n) is 9.40. The lowest BCUT2D eigenvalue weighted by molar-refractivity contribution is 0.0982. The molecule has 0 fully saturated rings. The number of furan rings is 1. The van der Waals surface area contributed by atoms with E-state index < -0.39 is 0 Å². The highest BCUT2D eigenvalue weighted by Crippen LogP contribution is 2.36. The Kier molecular flexibility index (Phi) is 4.84. The summed E-state index contributed by atoms with van der Waals surface area (Å²) >= 11 is 7.70. The van der Waals surface area contributed by atoms with Gasteiger partial charge < -0.3 is 13.9 Å². The molecule has 1 aliphatic rings. The van der Waals surface area contributed by atoms with Crippen LogP contribution in [0.25, 0.3) is 10.2 Å². The number of amides is 1. The highest BCUT2D eigenvalue weighted by Gasteiger charge is 2.25. The van der Waals surface area contributed by atoms with Crippen molar-refractivity contribution in [1.82, 2.24) is 4.98 Å². The summed E-state index contributed by atoms with van der Waals surface area (Å²) in [5.41, 5.74) is 2.17.